The molecule has 0 saturated heterocycles. The summed E-state index contributed by atoms with van der Waals surface area (Å²) in [6.45, 7) is 3.64. The van der Waals surface area contributed by atoms with E-state index in [1.54, 1.807) is 19.2 Å². The zero-order valence-corrected chi connectivity index (χ0v) is 18.1. The second-order valence-electron chi connectivity index (χ2n) is 7.98. The van der Waals surface area contributed by atoms with E-state index in [9.17, 15) is 13.2 Å². The SMILES string of the molecule is CC(C)N(C)S(=O)(=O)c1ccc(NC(=O)c2cc(C3CC3)nc3ccccc23)cc1. The highest BCUT2D eigenvalue weighted by molar-refractivity contribution is 7.89. The van der Waals surface area contributed by atoms with Crippen molar-refractivity contribution >= 4 is 32.5 Å². The predicted octanol–water partition coefficient (Wildman–Crippen LogP) is 4.39. The first-order chi connectivity index (χ1) is 14.3. The van der Waals surface area contributed by atoms with E-state index in [4.69, 9.17) is 4.98 Å². The van der Waals surface area contributed by atoms with Crippen LogP contribution in [0.5, 0.6) is 0 Å². The number of nitrogens with zero attached hydrogens (tertiary/aromatic N) is 2. The van der Waals surface area contributed by atoms with Crippen LogP contribution in [0.2, 0.25) is 0 Å². The average molecular weight is 424 g/mol. The molecule has 1 aliphatic carbocycles. The topological polar surface area (TPSA) is 79.4 Å². The maximum absolute atomic E-state index is 13.0. The number of aromatic nitrogens is 1. The summed E-state index contributed by atoms with van der Waals surface area (Å²) in [5.74, 6) is 0.203. The number of anilines is 1. The molecule has 0 aliphatic heterocycles. The van der Waals surface area contributed by atoms with Gasteiger partial charge in [0.25, 0.3) is 5.91 Å². The molecule has 1 saturated carbocycles. The molecule has 1 aliphatic rings. The van der Waals surface area contributed by atoms with E-state index in [2.05, 4.69) is 5.32 Å². The van der Waals surface area contributed by atoms with Crippen LogP contribution in [0, 0.1) is 0 Å². The number of carbonyl (C=O) groups is 1. The molecule has 2 aromatic carbocycles. The molecule has 0 unspecified atom stereocenters. The van der Waals surface area contributed by atoms with E-state index < -0.39 is 10.0 Å². The molecule has 0 bridgehead atoms. The maximum Gasteiger partial charge on any atom is 0.256 e. The van der Waals surface area contributed by atoms with Crippen molar-refractivity contribution in [3.05, 3.63) is 65.9 Å². The summed E-state index contributed by atoms with van der Waals surface area (Å²) < 4.78 is 26.6. The van der Waals surface area contributed by atoms with Crippen LogP contribution in [0.25, 0.3) is 10.9 Å². The monoisotopic (exact) mass is 423 g/mol. The van der Waals surface area contributed by atoms with Crippen LogP contribution in [-0.4, -0.2) is 36.7 Å². The quantitative estimate of drug-likeness (QED) is 0.638. The first kappa shape index (κ1) is 20.5. The Morgan fingerprint density at radius 3 is 2.40 bits per heavy atom. The number of sulfonamides is 1. The Morgan fingerprint density at radius 2 is 1.77 bits per heavy atom. The van der Waals surface area contributed by atoms with Crippen molar-refractivity contribution in [3.8, 4) is 0 Å². The Bertz CT molecular complexity index is 1200. The molecular weight excluding hydrogens is 398 g/mol. The van der Waals surface area contributed by atoms with E-state index in [1.165, 1.54) is 16.4 Å². The Kier molecular flexibility index (Phi) is 5.34. The van der Waals surface area contributed by atoms with Crippen LogP contribution in [0.4, 0.5) is 5.69 Å². The predicted molar refractivity (Wildman–Crippen MR) is 118 cm³/mol. The van der Waals surface area contributed by atoms with Crippen molar-refractivity contribution in [2.45, 2.75) is 43.5 Å². The van der Waals surface area contributed by atoms with Gasteiger partial charge in [0.1, 0.15) is 0 Å². The van der Waals surface area contributed by atoms with E-state index in [0.29, 0.717) is 17.2 Å². The molecule has 4 rings (SSSR count). The summed E-state index contributed by atoms with van der Waals surface area (Å²) in [6, 6.07) is 15.6. The van der Waals surface area contributed by atoms with Crippen LogP contribution in [0.3, 0.4) is 0 Å². The number of benzene rings is 2. The Hall–Kier alpha value is -2.77. The van der Waals surface area contributed by atoms with Gasteiger partial charge in [0.2, 0.25) is 10.0 Å². The Balaban J connectivity index is 1.61. The molecule has 1 N–H and O–H groups in total. The Labute approximate surface area is 177 Å². The lowest BCUT2D eigenvalue weighted by Crippen LogP contribution is -2.33. The van der Waals surface area contributed by atoms with Gasteiger partial charge in [-0.3, -0.25) is 9.78 Å². The highest BCUT2D eigenvalue weighted by atomic mass is 32.2. The van der Waals surface area contributed by atoms with Crippen molar-refractivity contribution in [2.24, 2.45) is 0 Å². The summed E-state index contributed by atoms with van der Waals surface area (Å²) in [7, 11) is -2.00. The number of fused-ring (bicyclic) bond motifs is 1. The van der Waals surface area contributed by atoms with Gasteiger partial charge in [0.15, 0.2) is 0 Å². The number of amides is 1. The molecule has 1 aromatic heterocycles. The van der Waals surface area contributed by atoms with Gasteiger partial charge >= 0.3 is 0 Å². The van der Waals surface area contributed by atoms with Crippen LogP contribution in [0.15, 0.2) is 59.5 Å². The van der Waals surface area contributed by atoms with E-state index in [1.807, 2.05) is 44.2 Å². The van der Waals surface area contributed by atoms with Crippen molar-refractivity contribution in [1.82, 2.24) is 9.29 Å². The lowest BCUT2D eigenvalue weighted by atomic mass is 10.1. The van der Waals surface area contributed by atoms with Gasteiger partial charge in [-0.2, -0.15) is 4.31 Å². The standard InChI is InChI=1S/C23H25N3O3S/c1-15(2)26(3)30(28,29)18-12-10-17(11-13-18)24-23(27)20-14-22(16-8-9-16)25-21-7-5-4-6-19(20)21/h4-7,10-16H,8-9H2,1-3H3,(H,24,27). The van der Waals surface area contributed by atoms with Crippen molar-refractivity contribution in [1.29, 1.82) is 0 Å². The third-order valence-electron chi connectivity index (χ3n) is 5.49. The molecule has 156 valence electrons. The summed E-state index contributed by atoms with van der Waals surface area (Å²) >= 11 is 0. The molecule has 0 spiro atoms. The van der Waals surface area contributed by atoms with Crippen molar-refractivity contribution < 1.29 is 13.2 Å². The fourth-order valence-electron chi connectivity index (χ4n) is 3.32. The van der Waals surface area contributed by atoms with Crippen LogP contribution < -0.4 is 5.32 Å². The number of para-hydroxylation sites is 1. The van der Waals surface area contributed by atoms with Gasteiger partial charge in [0, 0.05) is 35.8 Å². The van der Waals surface area contributed by atoms with Gasteiger partial charge in [-0.1, -0.05) is 18.2 Å². The molecule has 1 amide bonds. The largest absolute Gasteiger partial charge is 0.322 e. The van der Waals surface area contributed by atoms with Gasteiger partial charge in [-0.25, -0.2) is 8.42 Å². The van der Waals surface area contributed by atoms with Gasteiger partial charge < -0.3 is 5.32 Å². The van der Waals surface area contributed by atoms with Crippen LogP contribution >= 0.6 is 0 Å². The smallest absolute Gasteiger partial charge is 0.256 e. The molecule has 7 heteroatoms. The third-order valence-corrected chi connectivity index (χ3v) is 7.54. The second-order valence-corrected chi connectivity index (χ2v) is 9.98. The molecule has 0 atom stereocenters. The van der Waals surface area contributed by atoms with Crippen LogP contribution in [-0.2, 0) is 10.0 Å². The Morgan fingerprint density at radius 1 is 1.10 bits per heavy atom. The zero-order valence-electron chi connectivity index (χ0n) is 17.3. The maximum atomic E-state index is 13.0. The fourth-order valence-corrected chi connectivity index (χ4v) is 4.69. The number of pyridine rings is 1. The second kappa shape index (κ2) is 7.81. The van der Waals surface area contributed by atoms with Crippen LogP contribution in [0.1, 0.15) is 48.7 Å². The lowest BCUT2D eigenvalue weighted by molar-refractivity contribution is 0.102. The summed E-state index contributed by atoms with van der Waals surface area (Å²) in [6.07, 6.45) is 2.21. The molecule has 3 aromatic rings. The number of hydrogen-bond donors (Lipinski definition) is 1. The van der Waals surface area contributed by atoms with Crippen molar-refractivity contribution in [2.75, 3.05) is 12.4 Å². The zero-order chi connectivity index (χ0) is 21.5. The summed E-state index contributed by atoms with van der Waals surface area (Å²) in [4.78, 5) is 17.9. The number of carbonyl (C=O) groups excluding carboxylic acids is 1. The fraction of sp³-hybridized carbons (Fsp3) is 0.304. The minimum atomic E-state index is -3.56. The minimum Gasteiger partial charge on any atom is -0.322 e. The molecule has 1 fully saturated rings. The van der Waals surface area contributed by atoms with Gasteiger partial charge in [-0.15, -0.1) is 0 Å². The minimum absolute atomic E-state index is 0.144. The van der Waals surface area contributed by atoms with E-state index >= 15 is 0 Å². The average Bonchev–Trinajstić information content (AvgIpc) is 3.58. The number of hydrogen-bond acceptors (Lipinski definition) is 4. The van der Waals surface area contributed by atoms with E-state index in [0.717, 1.165) is 29.4 Å². The molecule has 30 heavy (non-hydrogen) atoms. The molecular formula is C23H25N3O3S. The molecule has 1 heterocycles. The normalized spacial score (nSPS) is 14.4. The molecule has 0 radical (unpaired) electrons. The first-order valence-electron chi connectivity index (χ1n) is 10.1. The van der Waals surface area contributed by atoms with Crippen molar-refractivity contribution in [3.63, 3.8) is 0 Å². The summed E-state index contributed by atoms with van der Waals surface area (Å²) in [5, 5.41) is 3.70. The number of nitrogens with one attached hydrogen (secondary N) is 1. The highest BCUT2D eigenvalue weighted by Gasteiger charge is 2.27. The number of rotatable bonds is 6. The first-order valence-corrected chi connectivity index (χ1v) is 11.5. The molecule has 6 nitrogen and oxygen atoms in total. The van der Waals surface area contributed by atoms with Gasteiger partial charge in [0.05, 0.1) is 16.0 Å². The lowest BCUT2D eigenvalue weighted by Gasteiger charge is -2.21. The van der Waals surface area contributed by atoms with E-state index in [-0.39, 0.29) is 16.8 Å². The van der Waals surface area contributed by atoms with Gasteiger partial charge in [-0.05, 0) is 63.1 Å². The third kappa shape index (κ3) is 3.95. The summed E-state index contributed by atoms with van der Waals surface area (Å²) in [5.41, 5.74) is 2.89. The highest BCUT2D eigenvalue weighted by Crippen LogP contribution is 2.40.